The molecule has 0 bridgehead atoms. The fraction of sp³-hybridized carbons (Fsp3) is 0.250. The van der Waals surface area contributed by atoms with Gasteiger partial charge in [0, 0.05) is 0 Å². The number of sulfonamides is 1. The van der Waals surface area contributed by atoms with Crippen LogP contribution in [0.4, 0.5) is 8.78 Å². The molecule has 0 fully saturated rings. The molecule has 8 heteroatoms. The number of nitrogens with two attached hydrogens (primary N) is 1. The highest BCUT2D eigenvalue weighted by atomic mass is 32.2. The van der Waals surface area contributed by atoms with Gasteiger partial charge in [0.15, 0.2) is 5.03 Å². The topological polar surface area (TPSA) is 96.8 Å². The summed E-state index contributed by atoms with van der Waals surface area (Å²) in [6, 6.07) is 2.50. The Morgan fingerprint density at radius 3 is 2.50 bits per heavy atom. The summed E-state index contributed by atoms with van der Waals surface area (Å²) in [5.74, 6) is 0. The SMILES string of the molecule is Cc1cc(C(F)F)c(S(N)(=O)=O)nc1C#N. The van der Waals surface area contributed by atoms with Gasteiger partial charge in [-0.1, -0.05) is 0 Å². The number of primary sulfonamides is 1. The second-order valence-corrected chi connectivity index (χ2v) is 4.48. The zero-order valence-electron chi connectivity index (χ0n) is 8.11. The molecule has 86 valence electrons. The summed E-state index contributed by atoms with van der Waals surface area (Å²) in [5.41, 5.74) is -0.863. The van der Waals surface area contributed by atoms with E-state index in [0.29, 0.717) is 0 Å². The van der Waals surface area contributed by atoms with E-state index in [0.717, 1.165) is 6.07 Å². The average molecular weight is 247 g/mol. The Morgan fingerprint density at radius 2 is 2.12 bits per heavy atom. The zero-order valence-corrected chi connectivity index (χ0v) is 8.92. The number of aromatic nitrogens is 1. The second-order valence-electron chi connectivity index (χ2n) is 3.01. The molecule has 0 aliphatic heterocycles. The molecule has 0 spiro atoms. The third-order valence-electron chi connectivity index (χ3n) is 1.82. The normalized spacial score (nSPS) is 11.5. The van der Waals surface area contributed by atoms with Crippen LogP contribution in [0.15, 0.2) is 11.1 Å². The van der Waals surface area contributed by atoms with Crippen LogP contribution in [0.2, 0.25) is 0 Å². The van der Waals surface area contributed by atoms with Crippen molar-refractivity contribution in [2.24, 2.45) is 5.14 Å². The summed E-state index contributed by atoms with van der Waals surface area (Å²) >= 11 is 0. The predicted molar refractivity (Wildman–Crippen MR) is 50.0 cm³/mol. The summed E-state index contributed by atoms with van der Waals surface area (Å²) < 4.78 is 47.1. The molecule has 1 aromatic heterocycles. The molecule has 1 heterocycles. The molecule has 0 aromatic carbocycles. The van der Waals surface area contributed by atoms with Crippen molar-refractivity contribution in [3.8, 4) is 6.07 Å². The van der Waals surface area contributed by atoms with Gasteiger partial charge >= 0.3 is 0 Å². The van der Waals surface area contributed by atoms with Crippen LogP contribution in [0.25, 0.3) is 0 Å². The molecule has 1 aromatic rings. The van der Waals surface area contributed by atoms with E-state index in [9.17, 15) is 17.2 Å². The highest BCUT2D eigenvalue weighted by Gasteiger charge is 2.24. The third-order valence-corrected chi connectivity index (χ3v) is 2.68. The molecule has 5 nitrogen and oxygen atoms in total. The fourth-order valence-electron chi connectivity index (χ4n) is 1.12. The minimum absolute atomic E-state index is 0.171. The Morgan fingerprint density at radius 1 is 1.56 bits per heavy atom. The average Bonchev–Trinajstić information content (AvgIpc) is 2.15. The highest BCUT2D eigenvalue weighted by molar-refractivity contribution is 7.89. The molecule has 0 aliphatic rings. The van der Waals surface area contributed by atoms with Crippen molar-refractivity contribution < 1.29 is 17.2 Å². The second kappa shape index (κ2) is 4.11. The van der Waals surface area contributed by atoms with Gasteiger partial charge in [0.25, 0.3) is 16.4 Å². The van der Waals surface area contributed by atoms with Gasteiger partial charge in [0.05, 0.1) is 5.56 Å². The van der Waals surface area contributed by atoms with Gasteiger partial charge in [-0.15, -0.1) is 0 Å². The van der Waals surface area contributed by atoms with Crippen molar-refractivity contribution in [2.75, 3.05) is 0 Å². The Labute approximate surface area is 90.6 Å². The van der Waals surface area contributed by atoms with E-state index in [-0.39, 0.29) is 11.3 Å². The summed E-state index contributed by atoms with van der Waals surface area (Å²) in [6.07, 6.45) is -3.02. The number of alkyl halides is 2. The number of hydrogen-bond donors (Lipinski definition) is 1. The minimum Gasteiger partial charge on any atom is -0.223 e. The smallest absolute Gasteiger partial charge is 0.223 e. The fourth-order valence-corrected chi connectivity index (χ4v) is 1.81. The van der Waals surface area contributed by atoms with Crippen LogP contribution in [0, 0.1) is 18.3 Å². The molecular formula is C8H7F2N3O2S. The van der Waals surface area contributed by atoms with Crippen molar-refractivity contribution >= 4 is 10.0 Å². The first-order valence-corrected chi connectivity index (χ1v) is 5.54. The number of nitriles is 1. The Hall–Kier alpha value is -1.59. The number of aryl methyl sites for hydroxylation is 1. The lowest BCUT2D eigenvalue weighted by Gasteiger charge is -2.07. The van der Waals surface area contributed by atoms with Gasteiger partial charge in [0.2, 0.25) is 0 Å². The quantitative estimate of drug-likeness (QED) is 0.837. The third kappa shape index (κ3) is 2.32. The number of hydrogen-bond acceptors (Lipinski definition) is 4. The maximum Gasteiger partial charge on any atom is 0.266 e. The maximum absolute atomic E-state index is 12.5. The molecule has 16 heavy (non-hydrogen) atoms. The summed E-state index contributed by atoms with van der Waals surface area (Å²) in [4.78, 5) is 3.33. The first-order valence-electron chi connectivity index (χ1n) is 4.00. The first kappa shape index (κ1) is 12.5. The Balaban J connectivity index is 3.64. The Bertz CT molecular complexity index is 563. The number of pyridine rings is 1. The molecule has 0 radical (unpaired) electrons. The molecule has 0 atom stereocenters. The van der Waals surface area contributed by atoms with Gasteiger partial charge in [-0.2, -0.15) is 5.26 Å². The largest absolute Gasteiger partial charge is 0.266 e. The van der Waals surface area contributed by atoms with Gasteiger partial charge in [-0.05, 0) is 18.6 Å². The molecular weight excluding hydrogens is 240 g/mol. The highest BCUT2D eigenvalue weighted by Crippen LogP contribution is 2.26. The van der Waals surface area contributed by atoms with E-state index >= 15 is 0 Å². The standard InChI is InChI=1S/C8H7F2N3O2S/c1-4-2-5(7(9)10)8(16(12,14)15)13-6(4)3-11/h2,7H,1H3,(H2,12,14,15). The van der Waals surface area contributed by atoms with Crippen LogP contribution in [-0.4, -0.2) is 13.4 Å². The van der Waals surface area contributed by atoms with Crippen LogP contribution in [0.1, 0.15) is 23.2 Å². The zero-order chi connectivity index (χ0) is 12.5. The number of rotatable bonds is 2. The monoisotopic (exact) mass is 247 g/mol. The summed E-state index contributed by atoms with van der Waals surface area (Å²) in [7, 11) is -4.37. The molecule has 0 saturated heterocycles. The molecule has 0 unspecified atom stereocenters. The molecule has 0 amide bonds. The van der Waals surface area contributed by atoms with Gasteiger partial charge in [-0.25, -0.2) is 27.3 Å². The van der Waals surface area contributed by atoms with Crippen molar-refractivity contribution in [3.05, 3.63) is 22.9 Å². The van der Waals surface area contributed by atoms with E-state index in [2.05, 4.69) is 4.98 Å². The molecule has 0 aliphatic carbocycles. The van der Waals surface area contributed by atoms with Crippen LogP contribution in [-0.2, 0) is 10.0 Å². The van der Waals surface area contributed by atoms with Gasteiger partial charge in [0.1, 0.15) is 11.8 Å². The van der Waals surface area contributed by atoms with E-state index in [1.165, 1.54) is 6.92 Å². The van der Waals surface area contributed by atoms with E-state index in [1.807, 2.05) is 0 Å². The van der Waals surface area contributed by atoms with Crippen molar-refractivity contribution in [3.63, 3.8) is 0 Å². The van der Waals surface area contributed by atoms with E-state index in [4.69, 9.17) is 10.4 Å². The number of halogens is 2. The van der Waals surface area contributed by atoms with Crippen molar-refractivity contribution in [1.82, 2.24) is 4.98 Å². The lowest BCUT2D eigenvalue weighted by Crippen LogP contribution is -2.18. The van der Waals surface area contributed by atoms with Gasteiger partial charge < -0.3 is 0 Å². The van der Waals surface area contributed by atoms with E-state index < -0.39 is 27.0 Å². The summed E-state index contributed by atoms with van der Waals surface area (Å²) in [6.45, 7) is 1.38. The molecule has 2 N–H and O–H groups in total. The van der Waals surface area contributed by atoms with Crippen LogP contribution < -0.4 is 5.14 Å². The molecule has 0 saturated carbocycles. The lowest BCUT2D eigenvalue weighted by molar-refractivity contribution is 0.147. The summed E-state index contributed by atoms with van der Waals surface area (Å²) in [5, 5.41) is 12.4. The van der Waals surface area contributed by atoms with E-state index in [1.54, 1.807) is 6.07 Å². The molecule has 1 rings (SSSR count). The minimum atomic E-state index is -4.37. The van der Waals surface area contributed by atoms with Crippen LogP contribution >= 0.6 is 0 Å². The Kier molecular flexibility index (Phi) is 3.21. The van der Waals surface area contributed by atoms with Crippen molar-refractivity contribution in [2.45, 2.75) is 18.4 Å². The predicted octanol–water partition coefficient (Wildman–Crippen LogP) is 0.847. The lowest BCUT2D eigenvalue weighted by atomic mass is 10.1. The first-order chi connectivity index (χ1) is 7.27. The van der Waals surface area contributed by atoms with Gasteiger partial charge in [-0.3, -0.25) is 0 Å². The van der Waals surface area contributed by atoms with Crippen LogP contribution in [0.5, 0.6) is 0 Å². The van der Waals surface area contributed by atoms with Crippen molar-refractivity contribution in [1.29, 1.82) is 5.26 Å². The number of nitrogens with zero attached hydrogens (tertiary/aromatic N) is 2. The van der Waals surface area contributed by atoms with Crippen LogP contribution in [0.3, 0.4) is 0 Å². The maximum atomic E-state index is 12.5.